The van der Waals surface area contributed by atoms with Crippen LogP contribution in [0.3, 0.4) is 0 Å². The van der Waals surface area contributed by atoms with Gasteiger partial charge in [0.15, 0.2) is 17.4 Å². The molecule has 0 fully saturated rings. The van der Waals surface area contributed by atoms with Crippen molar-refractivity contribution in [1.29, 1.82) is 0 Å². The third-order valence-corrected chi connectivity index (χ3v) is 8.46. The van der Waals surface area contributed by atoms with Crippen LogP contribution < -0.4 is 15.4 Å². The zero-order chi connectivity index (χ0) is 43.2. The van der Waals surface area contributed by atoms with E-state index in [2.05, 4.69) is 15.4 Å². The van der Waals surface area contributed by atoms with Crippen molar-refractivity contribution in [2.75, 3.05) is 72.5 Å². The van der Waals surface area contributed by atoms with Crippen molar-refractivity contribution in [3.8, 4) is 5.75 Å². The van der Waals surface area contributed by atoms with E-state index in [0.717, 1.165) is 34.1 Å². The number of carbonyl (C=O) groups is 8. The van der Waals surface area contributed by atoms with Gasteiger partial charge < -0.3 is 34.3 Å². The standard InChI is InChI=1S/C38H46F4N4O13/c39-25-24-26(40)37(42)38(36(25)41)59-35(54)12-17-56-19-21-58-23-22-57-20-18-55-16-3-5-28(47)27(44-30(49)11-15-46-33(52)8-9-34(46)53)4-1-2-13-43-29(48)10-14-45-31(50)6-7-32(45)51/h6-9,24,27H,1-5,10-23H2,(H,43,48)(H,44,49)/t27-/m0/s1. The number of ketones is 1. The van der Waals surface area contributed by atoms with Gasteiger partial charge >= 0.3 is 5.97 Å². The summed E-state index contributed by atoms with van der Waals surface area (Å²) in [4.78, 5) is 98.4. The van der Waals surface area contributed by atoms with E-state index in [1.54, 1.807) is 0 Å². The van der Waals surface area contributed by atoms with E-state index in [-0.39, 0.29) is 116 Å². The highest BCUT2D eigenvalue weighted by Crippen LogP contribution is 2.26. The lowest BCUT2D eigenvalue weighted by atomic mass is 10.0. The summed E-state index contributed by atoms with van der Waals surface area (Å²) in [6, 6.07) is -0.868. The van der Waals surface area contributed by atoms with Crippen LogP contribution in [-0.2, 0) is 57.3 Å². The van der Waals surface area contributed by atoms with Crippen molar-refractivity contribution >= 4 is 47.2 Å². The molecule has 0 aliphatic carbocycles. The molecular weight excluding hydrogens is 796 g/mol. The number of hydrogen-bond acceptors (Lipinski definition) is 13. The van der Waals surface area contributed by atoms with Crippen molar-refractivity contribution < 1.29 is 79.6 Å². The molecule has 21 heteroatoms. The Morgan fingerprint density at radius 1 is 0.576 bits per heavy atom. The molecule has 1 aromatic rings. The van der Waals surface area contributed by atoms with Crippen LogP contribution in [-0.4, -0.2) is 136 Å². The molecule has 3 rings (SSSR count). The summed E-state index contributed by atoms with van der Waals surface area (Å²) < 4.78 is 79.4. The van der Waals surface area contributed by atoms with Crippen molar-refractivity contribution in [2.45, 2.75) is 57.4 Å². The van der Waals surface area contributed by atoms with Crippen molar-refractivity contribution in [1.82, 2.24) is 20.4 Å². The van der Waals surface area contributed by atoms with Crippen LogP contribution in [0, 0.1) is 23.3 Å². The smallest absolute Gasteiger partial charge is 0.313 e. The predicted molar refractivity (Wildman–Crippen MR) is 194 cm³/mol. The Morgan fingerprint density at radius 3 is 1.58 bits per heavy atom. The Hall–Kier alpha value is -5.38. The first-order valence-corrected chi connectivity index (χ1v) is 18.8. The van der Waals surface area contributed by atoms with Gasteiger partial charge in [-0.2, -0.15) is 8.78 Å². The van der Waals surface area contributed by atoms with E-state index in [1.807, 2.05) is 0 Å². The number of nitrogens with one attached hydrogen (secondary N) is 2. The summed E-state index contributed by atoms with van der Waals surface area (Å²) in [6.45, 7) is 1.13. The van der Waals surface area contributed by atoms with Gasteiger partial charge in [0.1, 0.15) is 0 Å². The third-order valence-electron chi connectivity index (χ3n) is 8.46. The third kappa shape index (κ3) is 17.2. The van der Waals surface area contributed by atoms with Gasteiger partial charge in [0.25, 0.3) is 23.6 Å². The largest absolute Gasteiger partial charge is 0.420 e. The molecule has 2 heterocycles. The fourth-order valence-electron chi connectivity index (χ4n) is 5.35. The van der Waals surface area contributed by atoms with Gasteiger partial charge in [0, 0.05) is 75.9 Å². The summed E-state index contributed by atoms with van der Waals surface area (Å²) in [7, 11) is 0. The molecule has 6 amide bonds. The van der Waals surface area contributed by atoms with E-state index in [0.29, 0.717) is 19.3 Å². The topological polar surface area (TPSA) is 213 Å². The highest BCUT2D eigenvalue weighted by Gasteiger charge is 2.27. The van der Waals surface area contributed by atoms with E-state index in [4.69, 9.17) is 18.9 Å². The summed E-state index contributed by atoms with van der Waals surface area (Å²) in [6.07, 6.45) is 5.38. The van der Waals surface area contributed by atoms with Crippen molar-refractivity contribution in [2.24, 2.45) is 0 Å². The van der Waals surface area contributed by atoms with Gasteiger partial charge in [-0.05, 0) is 25.7 Å². The maximum Gasteiger partial charge on any atom is 0.313 e. The zero-order valence-corrected chi connectivity index (χ0v) is 32.1. The molecule has 0 unspecified atom stereocenters. The van der Waals surface area contributed by atoms with Crippen LogP contribution >= 0.6 is 0 Å². The Balaban J connectivity index is 1.23. The molecule has 17 nitrogen and oxygen atoms in total. The molecule has 1 atom stereocenters. The predicted octanol–water partition coefficient (Wildman–Crippen LogP) is 1.36. The molecule has 1 aromatic carbocycles. The average Bonchev–Trinajstić information content (AvgIpc) is 3.71. The van der Waals surface area contributed by atoms with Crippen molar-refractivity contribution in [3.63, 3.8) is 0 Å². The number of hydrogen-bond donors (Lipinski definition) is 2. The number of esters is 1. The van der Waals surface area contributed by atoms with Gasteiger partial charge in [-0.15, -0.1) is 0 Å². The normalized spacial score (nSPS) is 14.1. The van der Waals surface area contributed by atoms with Crippen LogP contribution in [0.5, 0.6) is 5.75 Å². The molecule has 0 saturated carbocycles. The van der Waals surface area contributed by atoms with Crippen LogP contribution in [0.25, 0.3) is 0 Å². The number of carbonyl (C=O) groups excluding carboxylic acids is 8. The van der Waals surface area contributed by atoms with Crippen LogP contribution in [0.1, 0.15) is 51.4 Å². The number of amides is 6. The van der Waals surface area contributed by atoms with Crippen LogP contribution in [0.2, 0.25) is 0 Å². The Kier molecular flexibility index (Phi) is 21.0. The summed E-state index contributed by atoms with van der Waals surface area (Å²) in [5, 5.41) is 5.38. The van der Waals surface area contributed by atoms with Gasteiger partial charge in [-0.3, -0.25) is 48.2 Å². The second-order valence-electron chi connectivity index (χ2n) is 12.8. The van der Waals surface area contributed by atoms with E-state index in [9.17, 15) is 55.9 Å². The summed E-state index contributed by atoms with van der Waals surface area (Å²) >= 11 is 0. The lowest BCUT2D eigenvalue weighted by Gasteiger charge is -2.19. The molecule has 2 N–H and O–H groups in total. The fraction of sp³-hybridized carbons (Fsp3) is 0.526. The van der Waals surface area contributed by atoms with E-state index >= 15 is 0 Å². The second kappa shape index (κ2) is 25.9. The number of unbranched alkanes of at least 4 members (excludes halogenated alkanes) is 1. The van der Waals surface area contributed by atoms with Crippen molar-refractivity contribution in [3.05, 3.63) is 53.6 Å². The maximum atomic E-state index is 13.6. The molecule has 0 aromatic heterocycles. The minimum absolute atomic E-state index is 0.00845. The fourth-order valence-corrected chi connectivity index (χ4v) is 5.35. The quantitative estimate of drug-likeness (QED) is 0.0280. The number of imide groups is 2. The summed E-state index contributed by atoms with van der Waals surface area (Å²) in [5.41, 5.74) is 0. The molecule has 2 aliphatic rings. The van der Waals surface area contributed by atoms with E-state index < -0.39 is 77.0 Å². The number of halogens is 4. The Morgan fingerprint density at radius 2 is 1.05 bits per heavy atom. The lowest BCUT2D eigenvalue weighted by Crippen LogP contribution is -2.42. The zero-order valence-electron chi connectivity index (χ0n) is 32.1. The maximum absolute atomic E-state index is 13.6. The second-order valence-corrected chi connectivity index (χ2v) is 12.8. The molecule has 0 saturated heterocycles. The molecule has 2 aliphatic heterocycles. The Labute approximate surface area is 336 Å². The molecule has 0 radical (unpaired) electrons. The minimum atomic E-state index is -1.83. The number of ether oxygens (including phenoxy) is 5. The first kappa shape index (κ1) is 48.0. The molecule has 0 bridgehead atoms. The highest BCUT2D eigenvalue weighted by atomic mass is 19.2. The molecular formula is C38H46F4N4O13. The molecule has 324 valence electrons. The number of nitrogens with zero attached hydrogens (tertiary/aromatic N) is 2. The first-order valence-electron chi connectivity index (χ1n) is 18.8. The first-order chi connectivity index (χ1) is 28.3. The van der Waals surface area contributed by atoms with Gasteiger partial charge in [-0.1, -0.05) is 0 Å². The highest BCUT2D eigenvalue weighted by molar-refractivity contribution is 6.13. The monoisotopic (exact) mass is 842 g/mol. The Bertz CT molecular complexity index is 1680. The lowest BCUT2D eigenvalue weighted by molar-refractivity contribution is -0.139. The van der Waals surface area contributed by atoms with Gasteiger partial charge in [0.05, 0.1) is 58.7 Å². The number of benzene rings is 1. The molecule has 59 heavy (non-hydrogen) atoms. The number of Topliss-reactive ketones (excluding diaryl/α,β-unsaturated/α-hetero) is 1. The van der Waals surface area contributed by atoms with E-state index in [1.165, 1.54) is 0 Å². The van der Waals surface area contributed by atoms with Gasteiger partial charge in [-0.25, -0.2) is 8.78 Å². The minimum Gasteiger partial charge on any atom is -0.420 e. The van der Waals surface area contributed by atoms with Crippen LogP contribution in [0.15, 0.2) is 30.4 Å². The average molecular weight is 843 g/mol. The SMILES string of the molecule is O=C(CCN1C(=O)C=CC1=O)NCCCC[C@H](NC(=O)CCN1C(=O)C=CC1=O)C(=O)CCCOCCOCCOCCOCCC(=O)Oc1c(F)c(F)cc(F)c1F. The van der Waals surface area contributed by atoms with Crippen LogP contribution in [0.4, 0.5) is 17.6 Å². The molecule has 0 spiro atoms. The number of rotatable bonds is 30. The summed E-state index contributed by atoms with van der Waals surface area (Å²) in [5.74, 6) is -12.9. The van der Waals surface area contributed by atoms with Gasteiger partial charge in [0.2, 0.25) is 29.2 Å².